The smallest absolute Gasteiger partial charge is 0.0579 e. The van der Waals surface area contributed by atoms with E-state index in [2.05, 4.69) is 56.4 Å². The second-order valence-corrected chi connectivity index (χ2v) is 5.74. The van der Waals surface area contributed by atoms with Gasteiger partial charge in [-0.05, 0) is 55.6 Å². The van der Waals surface area contributed by atoms with Gasteiger partial charge in [-0.1, -0.05) is 54.4 Å². The van der Waals surface area contributed by atoms with E-state index in [1.165, 1.54) is 22.3 Å². The van der Waals surface area contributed by atoms with Crippen LogP contribution in [-0.2, 0) is 0 Å². The summed E-state index contributed by atoms with van der Waals surface area (Å²) in [7, 11) is 0. The van der Waals surface area contributed by atoms with E-state index < -0.39 is 0 Å². The number of nitrogens with one attached hydrogen (secondary N) is 1. The SMILES string of the molecule is CCCNC(c1ccc(Cl)cc1)c1cc(C)ccc1C. The van der Waals surface area contributed by atoms with Crippen molar-refractivity contribution in [1.82, 2.24) is 5.32 Å². The van der Waals surface area contributed by atoms with Crippen LogP contribution in [0.2, 0.25) is 5.02 Å². The first kappa shape index (κ1) is 15.1. The molecule has 1 N–H and O–H groups in total. The van der Waals surface area contributed by atoms with Gasteiger partial charge in [-0.15, -0.1) is 0 Å². The van der Waals surface area contributed by atoms with E-state index in [9.17, 15) is 0 Å². The third-order valence-corrected chi connectivity index (χ3v) is 3.80. The third-order valence-electron chi connectivity index (χ3n) is 3.55. The van der Waals surface area contributed by atoms with Crippen LogP contribution in [0, 0.1) is 13.8 Å². The van der Waals surface area contributed by atoms with Gasteiger partial charge in [-0.25, -0.2) is 0 Å². The van der Waals surface area contributed by atoms with Gasteiger partial charge in [-0.3, -0.25) is 0 Å². The predicted octanol–water partition coefficient (Wildman–Crippen LogP) is 5.05. The summed E-state index contributed by atoms with van der Waals surface area (Å²) in [6, 6.07) is 15.0. The highest BCUT2D eigenvalue weighted by molar-refractivity contribution is 6.30. The molecule has 2 rings (SSSR count). The normalized spacial score (nSPS) is 12.4. The first-order chi connectivity index (χ1) is 9.61. The fourth-order valence-electron chi connectivity index (χ4n) is 2.42. The van der Waals surface area contributed by atoms with E-state index in [0.29, 0.717) is 0 Å². The molecule has 1 nitrogen and oxygen atoms in total. The van der Waals surface area contributed by atoms with Gasteiger partial charge in [0.2, 0.25) is 0 Å². The summed E-state index contributed by atoms with van der Waals surface area (Å²) in [5.74, 6) is 0. The lowest BCUT2D eigenvalue weighted by molar-refractivity contribution is 0.596. The number of benzene rings is 2. The minimum Gasteiger partial charge on any atom is -0.306 e. The molecule has 0 spiro atoms. The Balaban J connectivity index is 2.41. The minimum absolute atomic E-state index is 0.229. The van der Waals surface area contributed by atoms with Crippen molar-refractivity contribution in [1.29, 1.82) is 0 Å². The third kappa shape index (κ3) is 3.62. The van der Waals surface area contributed by atoms with Gasteiger partial charge in [0.25, 0.3) is 0 Å². The van der Waals surface area contributed by atoms with Crippen LogP contribution in [0.15, 0.2) is 42.5 Å². The number of halogens is 1. The highest BCUT2D eigenvalue weighted by atomic mass is 35.5. The van der Waals surface area contributed by atoms with Crippen LogP contribution in [-0.4, -0.2) is 6.54 Å². The molecule has 2 heteroatoms. The Morgan fingerprint density at radius 2 is 1.75 bits per heavy atom. The van der Waals surface area contributed by atoms with Crippen LogP contribution in [0.25, 0.3) is 0 Å². The van der Waals surface area contributed by atoms with Crippen LogP contribution in [0.5, 0.6) is 0 Å². The fourth-order valence-corrected chi connectivity index (χ4v) is 2.55. The molecule has 0 aromatic heterocycles. The fraction of sp³-hybridized carbons (Fsp3) is 0.333. The molecule has 106 valence electrons. The molecule has 0 aliphatic rings. The summed E-state index contributed by atoms with van der Waals surface area (Å²) in [4.78, 5) is 0. The molecule has 0 saturated heterocycles. The van der Waals surface area contributed by atoms with Crippen LogP contribution >= 0.6 is 11.6 Å². The Hall–Kier alpha value is -1.31. The summed E-state index contributed by atoms with van der Waals surface area (Å²) < 4.78 is 0. The molecule has 1 unspecified atom stereocenters. The molecule has 0 aliphatic heterocycles. The summed E-state index contributed by atoms with van der Waals surface area (Å²) in [5, 5.41) is 4.43. The summed E-state index contributed by atoms with van der Waals surface area (Å²) in [6.07, 6.45) is 1.12. The maximum Gasteiger partial charge on any atom is 0.0579 e. The van der Waals surface area contributed by atoms with Crippen LogP contribution in [0.1, 0.15) is 41.6 Å². The summed E-state index contributed by atoms with van der Waals surface area (Å²) in [5.41, 5.74) is 5.22. The molecule has 1 atom stereocenters. The molecule has 0 radical (unpaired) electrons. The van der Waals surface area contributed by atoms with E-state index in [4.69, 9.17) is 11.6 Å². The zero-order valence-electron chi connectivity index (χ0n) is 12.4. The lowest BCUT2D eigenvalue weighted by atomic mass is 9.93. The first-order valence-corrected chi connectivity index (χ1v) is 7.55. The topological polar surface area (TPSA) is 12.0 Å². The van der Waals surface area contributed by atoms with E-state index in [1.54, 1.807) is 0 Å². The molecular formula is C18H22ClN. The van der Waals surface area contributed by atoms with Crippen molar-refractivity contribution in [3.8, 4) is 0 Å². The zero-order chi connectivity index (χ0) is 14.5. The second-order valence-electron chi connectivity index (χ2n) is 5.30. The molecular weight excluding hydrogens is 266 g/mol. The van der Waals surface area contributed by atoms with Crippen molar-refractivity contribution in [3.05, 3.63) is 69.7 Å². The predicted molar refractivity (Wildman–Crippen MR) is 87.5 cm³/mol. The first-order valence-electron chi connectivity index (χ1n) is 7.18. The van der Waals surface area contributed by atoms with Crippen molar-refractivity contribution >= 4 is 11.6 Å². The van der Waals surface area contributed by atoms with Gasteiger partial charge < -0.3 is 5.32 Å². The lowest BCUT2D eigenvalue weighted by Gasteiger charge is -2.22. The molecule has 0 aliphatic carbocycles. The number of rotatable bonds is 5. The molecule has 2 aromatic rings. The van der Waals surface area contributed by atoms with Gasteiger partial charge in [0, 0.05) is 5.02 Å². The highest BCUT2D eigenvalue weighted by Crippen LogP contribution is 2.27. The average molecular weight is 288 g/mol. The van der Waals surface area contributed by atoms with Gasteiger partial charge in [0.05, 0.1) is 6.04 Å². The van der Waals surface area contributed by atoms with E-state index in [0.717, 1.165) is 18.0 Å². The molecule has 20 heavy (non-hydrogen) atoms. The second kappa shape index (κ2) is 6.92. The molecule has 0 saturated carbocycles. The maximum absolute atomic E-state index is 6.00. The summed E-state index contributed by atoms with van der Waals surface area (Å²) >= 11 is 6.00. The Morgan fingerprint density at radius 1 is 1.05 bits per heavy atom. The Kier molecular flexibility index (Phi) is 5.22. The number of aryl methyl sites for hydroxylation is 2. The van der Waals surface area contributed by atoms with Gasteiger partial charge in [0.1, 0.15) is 0 Å². The van der Waals surface area contributed by atoms with E-state index >= 15 is 0 Å². The largest absolute Gasteiger partial charge is 0.306 e. The zero-order valence-corrected chi connectivity index (χ0v) is 13.2. The van der Waals surface area contributed by atoms with Crippen LogP contribution in [0.4, 0.5) is 0 Å². The van der Waals surface area contributed by atoms with Crippen molar-refractivity contribution in [2.45, 2.75) is 33.2 Å². The van der Waals surface area contributed by atoms with Crippen molar-refractivity contribution in [2.24, 2.45) is 0 Å². The number of hydrogen-bond acceptors (Lipinski definition) is 1. The van der Waals surface area contributed by atoms with Crippen molar-refractivity contribution < 1.29 is 0 Å². The molecule has 0 bridgehead atoms. The molecule has 2 aromatic carbocycles. The Morgan fingerprint density at radius 3 is 2.40 bits per heavy atom. The monoisotopic (exact) mass is 287 g/mol. The Bertz CT molecular complexity index is 560. The Labute approximate surface area is 127 Å². The highest BCUT2D eigenvalue weighted by Gasteiger charge is 2.15. The van der Waals surface area contributed by atoms with Crippen molar-refractivity contribution in [3.63, 3.8) is 0 Å². The quantitative estimate of drug-likeness (QED) is 0.812. The lowest BCUT2D eigenvalue weighted by Crippen LogP contribution is -2.24. The van der Waals surface area contributed by atoms with E-state index in [-0.39, 0.29) is 6.04 Å². The summed E-state index contributed by atoms with van der Waals surface area (Å²) in [6.45, 7) is 7.50. The standard InChI is InChI=1S/C18H22ClN/c1-4-11-20-18(15-7-9-16(19)10-8-15)17-12-13(2)5-6-14(17)3/h5-10,12,18,20H,4,11H2,1-3H3. The van der Waals surface area contributed by atoms with Gasteiger partial charge >= 0.3 is 0 Å². The molecule has 0 heterocycles. The maximum atomic E-state index is 6.00. The van der Waals surface area contributed by atoms with Crippen LogP contribution < -0.4 is 5.32 Å². The van der Waals surface area contributed by atoms with Crippen LogP contribution in [0.3, 0.4) is 0 Å². The minimum atomic E-state index is 0.229. The number of hydrogen-bond donors (Lipinski definition) is 1. The van der Waals surface area contributed by atoms with Gasteiger partial charge in [0.15, 0.2) is 0 Å². The van der Waals surface area contributed by atoms with E-state index in [1.807, 2.05) is 12.1 Å². The van der Waals surface area contributed by atoms with Gasteiger partial charge in [-0.2, -0.15) is 0 Å². The van der Waals surface area contributed by atoms with Crippen molar-refractivity contribution in [2.75, 3.05) is 6.54 Å². The average Bonchev–Trinajstić information content (AvgIpc) is 2.44. The molecule has 0 amide bonds. The molecule has 0 fully saturated rings.